The highest BCUT2D eigenvalue weighted by atomic mass is 16.6. The quantitative estimate of drug-likeness (QED) is 0.0261. The van der Waals surface area contributed by atoms with Crippen molar-refractivity contribution in [1.82, 2.24) is 0 Å². The van der Waals surface area contributed by atoms with Gasteiger partial charge in [0.15, 0.2) is 6.10 Å². The Labute approximate surface area is 457 Å². The molecule has 0 aliphatic carbocycles. The number of ether oxygens (including phenoxy) is 3. The molecule has 0 aromatic carbocycles. The second-order valence-electron chi connectivity index (χ2n) is 20.6. The molecule has 6 nitrogen and oxygen atoms in total. The van der Waals surface area contributed by atoms with Crippen LogP contribution in [0.1, 0.15) is 297 Å². The third-order valence-corrected chi connectivity index (χ3v) is 13.3. The molecule has 0 fully saturated rings. The largest absolute Gasteiger partial charge is 0.462 e. The molecule has 0 aromatic heterocycles. The van der Waals surface area contributed by atoms with E-state index in [1.165, 1.54) is 161 Å². The molecule has 74 heavy (non-hydrogen) atoms. The summed E-state index contributed by atoms with van der Waals surface area (Å²) in [6, 6.07) is 0. The molecule has 0 saturated carbocycles. The summed E-state index contributed by atoms with van der Waals surface area (Å²) in [5.74, 6) is -0.962. The number of esters is 3. The van der Waals surface area contributed by atoms with Crippen LogP contribution in [-0.2, 0) is 28.6 Å². The van der Waals surface area contributed by atoms with Gasteiger partial charge in [0.2, 0.25) is 0 Å². The van der Waals surface area contributed by atoms with E-state index in [9.17, 15) is 14.4 Å². The summed E-state index contributed by atoms with van der Waals surface area (Å²) in [6.45, 7) is 6.48. The lowest BCUT2D eigenvalue weighted by Crippen LogP contribution is -2.30. The van der Waals surface area contributed by atoms with Gasteiger partial charge in [-0.2, -0.15) is 0 Å². The number of unbranched alkanes of at least 4 members (excludes halogenated alkanes) is 29. The number of hydrogen-bond donors (Lipinski definition) is 0. The van der Waals surface area contributed by atoms with Crippen LogP contribution in [0.3, 0.4) is 0 Å². The first-order valence-electron chi connectivity index (χ1n) is 31.2. The standard InChI is InChI=1S/C68H116O6/c1-4-7-10-13-16-19-22-25-28-31-33-34-35-38-40-43-46-49-52-55-58-61-67(70)73-64-65(63-72-66(69)60-57-54-51-48-45-42-39-36-30-27-24-21-18-15-12-9-6-3)74-68(71)62-59-56-53-50-47-44-41-37-32-29-26-23-20-17-14-11-8-5-2/h9,12,18,20-21,23,27,29-33,39,42,48,51,65H,4-8,10-11,13-17,19,22,24-26,28,34-38,40-41,43-47,49-50,52-64H2,1-3H3/b12-9-,21-18-,23-20-,30-27-,32-29-,33-31-,42-39-,51-48-. The molecule has 0 bridgehead atoms. The van der Waals surface area contributed by atoms with E-state index in [0.717, 1.165) is 89.9 Å². The highest BCUT2D eigenvalue weighted by Gasteiger charge is 2.19. The van der Waals surface area contributed by atoms with Gasteiger partial charge in [-0.05, 0) is 116 Å². The number of hydrogen-bond acceptors (Lipinski definition) is 6. The predicted molar refractivity (Wildman–Crippen MR) is 320 cm³/mol. The van der Waals surface area contributed by atoms with Gasteiger partial charge in [-0.1, -0.05) is 259 Å². The molecule has 0 aliphatic heterocycles. The Hall–Kier alpha value is -3.67. The van der Waals surface area contributed by atoms with Gasteiger partial charge >= 0.3 is 17.9 Å². The molecular formula is C68H116O6. The molecule has 0 saturated heterocycles. The van der Waals surface area contributed by atoms with Crippen LogP contribution in [0.25, 0.3) is 0 Å². The molecule has 0 rings (SSSR count). The van der Waals surface area contributed by atoms with E-state index in [4.69, 9.17) is 14.2 Å². The van der Waals surface area contributed by atoms with Crippen LogP contribution in [0.5, 0.6) is 0 Å². The Morgan fingerprint density at radius 1 is 0.284 bits per heavy atom. The molecule has 0 N–H and O–H groups in total. The number of carbonyl (C=O) groups is 3. The van der Waals surface area contributed by atoms with Crippen molar-refractivity contribution in [2.24, 2.45) is 0 Å². The Kier molecular flexibility index (Phi) is 58.8. The molecule has 0 heterocycles. The van der Waals surface area contributed by atoms with Crippen LogP contribution in [0, 0.1) is 0 Å². The fourth-order valence-electron chi connectivity index (χ4n) is 8.62. The molecule has 0 aromatic rings. The maximum absolute atomic E-state index is 12.9. The first-order valence-corrected chi connectivity index (χ1v) is 31.2. The zero-order chi connectivity index (χ0) is 53.6. The molecule has 0 amide bonds. The first-order chi connectivity index (χ1) is 36.5. The second-order valence-corrected chi connectivity index (χ2v) is 20.6. The normalized spacial score (nSPS) is 12.7. The van der Waals surface area contributed by atoms with E-state index >= 15 is 0 Å². The smallest absolute Gasteiger partial charge is 0.306 e. The molecule has 6 heteroatoms. The zero-order valence-corrected chi connectivity index (χ0v) is 48.6. The van der Waals surface area contributed by atoms with Crippen molar-refractivity contribution in [3.8, 4) is 0 Å². The summed E-state index contributed by atoms with van der Waals surface area (Å²) in [5.41, 5.74) is 0. The van der Waals surface area contributed by atoms with E-state index in [-0.39, 0.29) is 37.5 Å². The maximum atomic E-state index is 12.9. The van der Waals surface area contributed by atoms with Gasteiger partial charge < -0.3 is 14.2 Å². The van der Waals surface area contributed by atoms with Crippen molar-refractivity contribution in [3.63, 3.8) is 0 Å². The van der Waals surface area contributed by atoms with Gasteiger partial charge in [-0.3, -0.25) is 14.4 Å². The van der Waals surface area contributed by atoms with Crippen molar-refractivity contribution in [2.75, 3.05) is 13.2 Å². The number of rotatable bonds is 56. The van der Waals surface area contributed by atoms with Gasteiger partial charge in [0.1, 0.15) is 13.2 Å². The monoisotopic (exact) mass is 1030 g/mol. The molecule has 0 radical (unpaired) electrons. The van der Waals surface area contributed by atoms with E-state index in [1.54, 1.807) is 0 Å². The Morgan fingerprint density at radius 3 is 0.905 bits per heavy atom. The Bertz CT molecular complexity index is 1460. The van der Waals surface area contributed by atoms with Crippen LogP contribution in [-0.4, -0.2) is 37.2 Å². The fourth-order valence-corrected chi connectivity index (χ4v) is 8.62. The molecule has 0 aliphatic rings. The lowest BCUT2D eigenvalue weighted by atomic mass is 10.1. The minimum atomic E-state index is -0.808. The van der Waals surface area contributed by atoms with Crippen molar-refractivity contribution in [1.29, 1.82) is 0 Å². The van der Waals surface area contributed by atoms with E-state index in [1.807, 2.05) is 0 Å². The third kappa shape index (κ3) is 59.2. The van der Waals surface area contributed by atoms with Crippen LogP contribution in [0.2, 0.25) is 0 Å². The van der Waals surface area contributed by atoms with E-state index in [0.29, 0.717) is 19.3 Å². The average Bonchev–Trinajstić information content (AvgIpc) is 3.40. The molecule has 0 spiro atoms. The van der Waals surface area contributed by atoms with Crippen LogP contribution in [0.4, 0.5) is 0 Å². The molecule has 424 valence electrons. The topological polar surface area (TPSA) is 78.9 Å². The van der Waals surface area contributed by atoms with Crippen molar-refractivity contribution >= 4 is 17.9 Å². The number of allylic oxidation sites excluding steroid dienone is 16. The minimum absolute atomic E-state index is 0.0993. The zero-order valence-electron chi connectivity index (χ0n) is 48.6. The first kappa shape index (κ1) is 70.3. The van der Waals surface area contributed by atoms with Crippen molar-refractivity contribution in [2.45, 2.75) is 303 Å². The van der Waals surface area contributed by atoms with Crippen LogP contribution < -0.4 is 0 Å². The van der Waals surface area contributed by atoms with Gasteiger partial charge in [-0.25, -0.2) is 0 Å². The van der Waals surface area contributed by atoms with Gasteiger partial charge in [0, 0.05) is 19.3 Å². The molecular weight excluding hydrogens is 913 g/mol. The predicted octanol–water partition coefficient (Wildman–Crippen LogP) is 21.3. The minimum Gasteiger partial charge on any atom is -0.462 e. The SMILES string of the molecule is CC/C=C\C/C=C\C/C=C\C/C=C\C/C=C\CCCC(=O)OCC(COC(=O)CCCCCCCCCCC/C=C\CCCCCCCCCC)OC(=O)CCCCCCCCC/C=C\C/C=C\CCCCCC. The highest BCUT2D eigenvalue weighted by Crippen LogP contribution is 2.15. The van der Waals surface area contributed by atoms with Crippen molar-refractivity contribution in [3.05, 3.63) is 97.2 Å². The van der Waals surface area contributed by atoms with Crippen molar-refractivity contribution < 1.29 is 28.6 Å². The maximum Gasteiger partial charge on any atom is 0.306 e. The summed E-state index contributed by atoms with van der Waals surface area (Å²) in [6.07, 6.45) is 82.7. The number of carbonyl (C=O) groups excluding carboxylic acids is 3. The highest BCUT2D eigenvalue weighted by molar-refractivity contribution is 5.71. The van der Waals surface area contributed by atoms with E-state index in [2.05, 4.69) is 118 Å². The Balaban J connectivity index is 4.45. The van der Waals surface area contributed by atoms with Gasteiger partial charge in [0.25, 0.3) is 0 Å². The Morgan fingerprint density at radius 2 is 0.541 bits per heavy atom. The van der Waals surface area contributed by atoms with Crippen LogP contribution in [0.15, 0.2) is 97.2 Å². The summed E-state index contributed by atoms with van der Waals surface area (Å²) in [5, 5.41) is 0. The lowest BCUT2D eigenvalue weighted by molar-refractivity contribution is -0.167. The second kappa shape index (κ2) is 61.9. The lowest BCUT2D eigenvalue weighted by Gasteiger charge is -2.18. The summed E-state index contributed by atoms with van der Waals surface area (Å²) in [4.78, 5) is 38.3. The fraction of sp³-hybridized carbons (Fsp3) is 0.721. The summed E-state index contributed by atoms with van der Waals surface area (Å²) < 4.78 is 16.9. The average molecular weight is 1030 g/mol. The summed E-state index contributed by atoms with van der Waals surface area (Å²) in [7, 11) is 0. The molecule has 1 unspecified atom stereocenters. The summed E-state index contributed by atoms with van der Waals surface area (Å²) >= 11 is 0. The van der Waals surface area contributed by atoms with Gasteiger partial charge in [-0.15, -0.1) is 0 Å². The van der Waals surface area contributed by atoms with Gasteiger partial charge in [0.05, 0.1) is 0 Å². The van der Waals surface area contributed by atoms with E-state index < -0.39 is 6.10 Å². The third-order valence-electron chi connectivity index (χ3n) is 13.3. The van der Waals surface area contributed by atoms with Crippen LogP contribution >= 0.6 is 0 Å². The molecule has 1 atom stereocenters.